The van der Waals surface area contributed by atoms with Crippen molar-refractivity contribution in [3.8, 4) is 0 Å². The average Bonchev–Trinajstić information content (AvgIpc) is 2.03. The molecule has 0 fully saturated rings. The summed E-state index contributed by atoms with van der Waals surface area (Å²) in [4.78, 5) is 2.52. The van der Waals surface area contributed by atoms with E-state index in [1.165, 1.54) is 38.9 Å². The van der Waals surface area contributed by atoms with Crippen LogP contribution in [0, 0.1) is 0 Å². The van der Waals surface area contributed by atoms with Gasteiger partial charge in [0.15, 0.2) is 0 Å². The van der Waals surface area contributed by atoms with Gasteiger partial charge >= 0.3 is 0 Å². The summed E-state index contributed by atoms with van der Waals surface area (Å²) in [6.07, 6.45) is 8.49. The maximum atomic E-state index is 2.52. The van der Waals surface area contributed by atoms with Crippen LogP contribution in [0.4, 0.5) is 0 Å². The minimum absolute atomic E-state index is 0. The van der Waals surface area contributed by atoms with Gasteiger partial charge in [0.05, 0.1) is 0 Å². The van der Waals surface area contributed by atoms with Crippen molar-refractivity contribution in [2.75, 3.05) is 19.6 Å². The van der Waals surface area contributed by atoms with Gasteiger partial charge in [-0.3, -0.25) is 4.90 Å². The zero-order valence-electron chi connectivity index (χ0n) is 7.25. The quantitative estimate of drug-likeness (QED) is 0.596. The summed E-state index contributed by atoms with van der Waals surface area (Å²) in [6.45, 7) is 6.00. The molecule has 1 heterocycles. The second-order valence-corrected chi connectivity index (χ2v) is 2.91. The topological polar surface area (TPSA) is 3.24 Å². The third-order valence-electron chi connectivity index (χ3n) is 1.97. The Hall–Kier alpha value is -0.0100. The van der Waals surface area contributed by atoms with Crippen LogP contribution < -0.4 is 0 Å². The molecule has 0 aliphatic carbocycles. The molecule has 0 spiro atoms. The normalized spacial score (nSPS) is 17.9. The molecule has 0 atom stereocenters. The molecule has 0 radical (unpaired) electrons. The van der Waals surface area contributed by atoms with Crippen molar-refractivity contribution in [1.82, 2.24) is 4.90 Å². The summed E-state index contributed by atoms with van der Waals surface area (Å²) in [5.74, 6) is 0. The van der Waals surface area contributed by atoms with Crippen LogP contribution in [0.1, 0.15) is 26.2 Å². The Bertz CT molecular complexity index is 112. The number of nitrogens with zero attached hydrogens (tertiary/aromatic N) is 1. The van der Waals surface area contributed by atoms with Gasteiger partial charge in [-0.15, -0.1) is 12.4 Å². The number of halogens is 1. The van der Waals surface area contributed by atoms with E-state index in [-0.39, 0.29) is 12.4 Å². The summed E-state index contributed by atoms with van der Waals surface area (Å²) < 4.78 is 0. The Labute approximate surface area is 75.9 Å². The first-order valence-electron chi connectivity index (χ1n) is 4.31. The molecule has 1 rings (SSSR count). The average molecular weight is 176 g/mol. The largest absolute Gasteiger partial charge is 0.299 e. The highest BCUT2D eigenvalue weighted by Crippen LogP contribution is 2.02. The molecule has 1 nitrogen and oxygen atoms in total. The minimum Gasteiger partial charge on any atom is -0.299 e. The lowest BCUT2D eigenvalue weighted by atomic mass is 10.2. The first-order chi connectivity index (χ1) is 4.93. The SMILES string of the molecule is CCCCN1CC=CCC1.Cl. The third kappa shape index (κ3) is 4.44. The van der Waals surface area contributed by atoms with Crippen LogP contribution >= 0.6 is 12.4 Å². The first kappa shape index (κ1) is 11.0. The summed E-state index contributed by atoms with van der Waals surface area (Å²) >= 11 is 0. The van der Waals surface area contributed by atoms with E-state index >= 15 is 0 Å². The fourth-order valence-corrected chi connectivity index (χ4v) is 1.27. The summed E-state index contributed by atoms with van der Waals surface area (Å²) in [5.41, 5.74) is 0. The predicted molar refractivity (Wildman–Crippen MR) is 52.4 cm³/mol. The van der Waals surface area contributed by atoms with E-state index in [4.69, 9.17) is 0 Å². The molecule has 0 aromatic carbocycles. The van der Waals surface area contributed by atoms with Gasteiger partial charge in [-0.25, -0.2) is 0 Å². The lowest BCUT2D eigenvalue weighted by Crippen LogP contribution is -2.27. The van der Waals surface area contributed by atoms with Crippen molar-refractivity contribution in [3.05, 3.63) is 12.2 Å². The van der Waals surface area contributed by atoms with Crippen LogP contribution in [-0.4, -0.2) is 24.5 Å². The van der Waals surface area contributed by atoms with Gasteiger partial charge in [-0.1, -0.05) is 25.5 Å². The molecule has 0 aromatic heterocycles. The molecule has 0 aromatic rings. The Balaban J connectivity index is 0.000001000. The van der Waals surface area contributed by atoms with Crippen LogP contribution in [0.3, 0.4) is 0 Å². The standard InChI is InChI=1S/C9H17N.ClH/c1-2-3-7-10-8-5-4-6-9-10;/h4-5H,2-3,6-9H2,1H3;1H. The molecule has 0 N–H and O–H groups in total. The van der Waals surface area contributed by atoms with E-state index < -0.39 is 0 Å². The molecule has 0 bridgehead atoms. The van der Waals surface area contributed by atoms with Gasteiger partial charge in [-0.05, 0) is 19.4 Å². The molecule has 0 unspecified atom stereocenters. The van der Waals surface area contributed by atoms with Crippen molar-refractivity contribution >= 4 is 12.4 Å². The van der Waals surface area contributed by atoms with Crippen molar-refractivity contribution < 1.29 is 0 Å². The van der Waals surface area contributed by atoms with E-state index in [0.717, 1.165) is 0 Å². The van der Waals surface area contributed by atoms with Gasteiger partial charge in [0.1, 0.15) is 0 Å². The Morgan fingerprint density at radius 1 is 1.36 bits per heavy atom. The van der Waals surface area contributed by atoms with E-state index in [9.17, 15) is 0 Å². The highest BCUT2D eigenvalue weighted by atomic mass is 35.5. The van der Waals surface area contributed by atoms with Crippen LogP contribution in [0.15, 0.2) is 12.2 Å². The van der Waals surface area contributed by atoms with E-state index in [0.29, 0.717) is 0 Å². The Morgan fingerprint density at radius 3 is 2.73 bits per heavy atom. The molecule has 0 amide bonds. The van der Waals surface area contributed by atoms with E-state index in [1.54, 1.807) is 0 Å². The van der Waals surface area contributed by atoms with Crippen LogP contribution in [0.5, 0.6) is 0 Å². The monoisotopic (exact) mass is 175 g/mol. The molecule has 66 valence electrons. The molecule has 1 aliphatic rings. The molecular weight excluding hydrogens is 158 g/mol. The summed E-state index contributed by atoms with van der Waals surface area (Å²) in [6, 6.07) is 0. The molecular formula is C9H18ClN. The second-order valence-electron chi connectivity index (χ2n) is 2.91. The van der Waals surface area contributed by atoms with Crippen molar-refractivity contribution in [2.24, 2.45) is 0 Å². The fourth-order valence-electron chi connectivity index (χ4n) is 1.27. The Kier molecular flexibility index (Phi) is 6.68. The van der Waals surface area contributed by atoms with Crippen molar-refractivity contribution in [1.29, 1.82) is 0 Å². The first-order valence-corrected chi connectivity index (χ1v) is 4.31. The van der Waals surface area contributed by atoms with Gasteiger partial charge in [-0.2, -0.15) is 0 Å². The number of hydrogen-bond acceptors (Lipinski definition) is 1. The van der Waals surface area contributed by atoms with Crippen molar-refractivity contribution in [3.63, 3.8) is 0 Å². The second kappa shape index (κ2) is 6.68. The zero-order valence-corrected chi connectivity index (χ0v) is 8.07. The lowest BCUT2D eigenvalue weighted by molar-refractivity contribution is 0.294. The van der Waals surface area contributed by atoms with Crippen LogP contribution in [0.2, 0.25) is 0 Å². The van der Waals surface area contributed by atoms with Gasteiger partial charge in [0, 0.05) is 13.1 Å². The lowest BCUT2D eigenvalue weighted by Gasteiger charge is -2.22. The molecule has 0 saturated carbocycles. The summed E-state index contributed by atoms with van der Waals surface area (Å²) in [5, 5.41) is 0. The number of unbranched alkanes of at least 4 members (excludes halogenated alkanes) is 1. The van der Waals surface area contributed by atoms with Crippen LogP contribution in [0.25, 0.3) is 0 Å². The van der Waals surface area contributed by atoms with Crippen molar-refractivity contribution in [2.45, 2.75) is 26.2 Å². The molecule has 11 heavy (non-hydrogen) atoms. The molecule has 2 heteroatoms. The highest BCUT2D eigenvalue weighted by molar-refractivity contribution is 5.85. The van der Waals surface area contributed by atoms with E-state index in [2.05, 4.69) is 24.0 Å². The maximum Gasteiger partial charge on any atom is 0.0163 e. The fraction of sp³-hybridized carbons (Fsp3) is 0.778. The third-order valence-corrected chi connectivity index (χ3v) is 1.97. The van der Waals surface area contributed by atoms with Gasteiger partial charge < -0.3 is 0 Å². The number of rotatable bonds is 3. The zero-order chi connectivity index (χ0) is 7.23. The summed E-state index contributed by atoms with van der Waals surface area (Å²) in [7, 11) is 0. The minimum atomic E-state index is 0. The van der Waals surface area contributed by atoms with E-state index in [1.807, 2.05) is 0 Å². The predicted octanol–water partition coefficient (Wildman–Crippen LogP) is 2.47. The smallest absolute Gasteiger partial charge is 0.0163 e. The van der Waals surface area contributed by atoms with Gasteiger partial charge in [0.2, 0.25) is 0 Å². The maximum absolute atomic E-state index is 2.52. The Morgan fingerprint density at radius 2 is 2.18 bits per heavy atom. The van der Waals surface area contributed by atoms with Gasteiger partial charge in [0.25, 0.3) is 0 Å². The molecule has 0 saturated heterocycles. The molecule has 1 aliphatic heterocycles. The highest BCUT2D eigenvalue weighted by Gasteiger charge is 2.03. The van der Waals surface area contributed by atoms with Crippen LogP contribution in [-0.2, 0) is 0 Å². The number of hydrogen-bond donors (Lipinski definition) is 0.